The first-order valence-corrected chi connectivity index (χ1v) is 6.66. The molecule has 19 heavy (non-hydrogen) atoms. The Balaban J connectivity index is 2.06. The van der Waals surface area contributed by atoms with E-state index in [2.05, 4.69) is 4.98 Å². The van der Waals surface area contributed by atoms with Gasteiger partial charge in [-0.1, -0.05) is 24.3 Å². The highest BCUT2D eigenvalue weighted by Gasteiger charge is 2.11. The lowest BCUT2D eigenvalue weighted by Crippen LogP contribution is -1.81. The highest BCUT2D eigenvalue weighted by molar-refractivity contribution is 7.13. The van der Waals surface area contributed by atoms with Gasteiger partial charge in [0.2, 0.25) is 0 Å². The fourth-order valence-electron chi connectivity index (χ4n) is 1.87. The van der Waals surface area contributed by atoms with Crippen LogP contribution in [0.2, 0.25) is 0 Å². The van der Waals surface area contributed by atoms with E-state index in [-0.39, 0.29) is 11.5 Å². The number of phenolic OH excluding ortho intramolecular Hbond substituents is 2. The lowest BCUT2D eigenvalue weighted by atomic mass is 10.1. The van der Waals surface area contributed by atoms with Gasteiger partial charge in [0.1, 0.15) is 16.5 Å². The van der Waals surface area contributed by atoms with Gasteiger partial charge in [-0.2, -0.15) is 0 Å². The second kappa shape index (κ2) is 4.74. The average Bonchev–Trinajstić information content (AvgIpc) is 2.89. The van der Waals surface area contributed by atoms with Gasteiger partial charge in [-0.25, -0.2) is 4.98 Å². The Morgan fingerprint density at radius 2 is 1.37 bits per heavy atom. The van der Waals surface area contributed by atoms with E-state index in [1.165, 1.54) is 11.3 Å². The molecule has 1 heterocycles. The highest BCUT2D eigenvalue weighted by Crippen LogP contribution is 2.35. The summed E-state index contributed by atoms with van der Waals surface area (Å²) in [6.07, 6.45) is 0. The zero-order valence-electron chi connectivity index (χ0n) is 9.95. The maximum absolute atomic E-state index is 9.82. The number of benzene rings is 2. The van der Waals surface area contributed by atoms with Gasteiger partial charge in [-0.3, -0.25) is 0 Å². The van der Waals surface area contributed by atoms with E-state index in [0.29, 0.717) is 16.8 Å². The number of aromatic hydroxyl groups is 2. The molecule has 2 aromatic carbocycles. The largest absolute Gasteiger partial charge is 0.507 e. The Labute approximate surface area is 114 Å². The van der Waals surface area contributed by atoms with Crippen molar-refractivity contribution in [2.75, 3.05) is 0 Å². The van der Waals surface area contributed by atoms with Crippen LogP contribution in [0, 0.1) is 0 Å². The van der Waals surface area contributed by atoms with Gasteiger partial charge in [0.25, 0.3) is 0 Å². The molecule has 2 N–H and O–H groups in total. The van der Waals surface area contributed by atoms with Crippen molar-refractivity contribution >= 4 is 11.3 Å². The molecular weight excluding hydrogens is 258 g/mol. The zero-order chi connectivity index (χ0) is 13.2. The van der Waals surface area contributed by atoms with Gasteiger partial charge >= 0.3 is 0 Å². The maximum Gasteiger partial charge on any atom is 0.127 e. The first kappa shape index (κ1) is 11.7. The first-order valence-electron chi connectivity index (χ1n) is 5.78. The molecule has 0 fully saturated rings. The standard InChI is InChI=1S/C15H11NO2S/c17-13-7-3-1-5-10(13)12-9-19-15(16-12)11-6-2-4-8-14(11)18/h1-9,17-18H. The summed E-state index contributed by atoms with van der Waals surface area (Å²) in [4.78, 5) is 4.47. The van der Waals surface area contributed by atoms with Crippen molar-refractivity contribution in [3.8, 4) is 33.3 Å². The van der Waals surface area contributed by atoms with Gasteiger partial charge in [-0.15, -0.1) is 11.3 Å². The minimum Gasteiger partial charge on any atom is -0.507 e. The number of aromatic nitrogens is 1. The zero-order valence-corrected chi connectivity index (χ0v) is 10.8. The van der Waals surface area contributed by atoms with Crippen molar-refractivity contribution < 1.29 is 10.2 Å². The van der Waals surface area contributed by atoms with Crippen molar-refractivity contribution in [1.82, 2.24) is 4.98 Å². The molecule has 0 aliphatic heterocycles. The van der Waals surface area contributed by atoms with E-state index < -0.39 is 0 Å². The molecule has 0 unspecified atom stereocenters. The Morgan fingerprint density at radius 1 is 0.789 bits per heavy atom. The van der Waals surface area contributed by atoms with Crippen molar-refractivity contribution in [3.05, 3.63) is 53.9 Å². The molecule has 0 saturated carbocycles. The van der Waals surface area contributed by atoms with Gasteiger partial charge in [0.05, 0.1) is 11.3 Å². The summed E-state index contributed by atoms with van der Waals surface area (Å²) in [6.45, 7) is 0. The predicted octanol–water partition coefficient (Wildman–Crippen LogP) is 3.89. The maximum atomic E-state index is 9.82. The highest BCUT2D eigenvalue weighted by atomic mass is 32.1. The van der Waals surface area contributed by atoms with Gasteiger partial charge in [0, 0.05) is 10.9 Å². The number of thiazole rings is 1. The summed E-state index contributed by atoms with van der Waals surface area (Å²) >= 11 is 1.44. The van der Waals surface area contributed by atoms with E-state index in [1.54, 1.807) is 24.3 Å². The van der Waals surface area contributed by atoms with Crippen LogP contribution < -0.4 is 0 Å². The second-order valence-corrected chi connectivity index (χ2v) is 4.93. The summed E-state index contributed by atoms with van der Waals surface area (Å²) in [5.41, 5.74) is 2.11. The summed E-state index contributed by atoms with van der Waals surface area (Å²) in [5, 5.41) is 22.2. The van der Waals surface area contributed by atoms with E-state index in [0.717, 1.165) is 5.01 Å². The average molecular weight is 269 g/mol. The molecule has 0 aliphatic rings. The second-order valence-electron chi connectivity index (χ2n) is 4.07. The first-order chi connectivity index (χ1) is 9.25. The summed E-state index contributed by atoms with van der Waals surface area (Å²) in [7, 11) is 0. The van der Waals surface area contributed by atoms with E-state index in [9.17, 15) is 10.2 Å². The van der Waals surface area contributed by atoms with E-state index in [1.807, 2.05) is 29.6 Å². The molecule has 0 bridgehead atoms. The lowest BCUT2D eigenvalue weighted by Gasteiger charge is -2.01. The molecule has 0 radical (unpaired) electrons. The van der Waals surface area contributed by atoms with E-state index in [4.69, 9.17) is 0 Å². The molecule has 3 aromatic rings. The molecule has 0 atom stereocenters. The van der Waals surface area contributed by atoms with Crippen LogP contribution in [0.15, 0.2) is 53.9 Å². The van der Waals surface area contributed by atoms with Crippen LogP contribution in [0.25, 0.3) is 21.8 Å². The number of rotatable bonds is 2. The third-order valence-corrected chi connectivity index (χ3v) is 3.69. The fourth-order valence-corrected chi connectivity index (χ4v) is 2.72. The molecule has 0 saturated heterocycles. The number of hydrogen-bond acceptors (Lipinski definition) is 4. The Kier molecular flexibility index (Phi) is 2.93. The van der Waals surface area contributed by atoms with Crippen LogP contribution >= 0.6 is 11.3 Å². The minimum absolute atomic E-state index is 0.205. The van der Waals surface area contributed by atoms with Crippen LogP contribution in [-0.4, -0.2) is 15.2 Å². The third kappa shape index (κ3) is 2.18. The number of nitrogens with zero attached hydrogens (tertiary/aromatic N) is 1. The van der Waals surface area contributed by atoms with Crippen molar-refractivity contribution in [1.29, 1.82) is 0 Å². The van der Waals surface area contributed by atoms with Gasteiger partial charge in [-0.05, 0) is 24.3 Å². The number of para-hydroxylation sites is 2. The Hall–Kier alpha value is -2.33. The van der Waals surface area contributed by atoms with Crippen molar-refractivity contribution in [3.63, 3.8) is 0 Å². The monoisotopic (exact) mass is 269 g/mol. The predicted molar refractivity (Wildman–Crippen MR) is 76.3 cm³/mol. The molecule has 0 amide bonds. The summed E-state index contributed by atoms with van der Waals surface area (Å²) in [6, 6.07) is 14.2. The van der Waals surface area contributed by atoms with Gasteiger partial charge in [0.15, 0.2) is 0 Å². The molecule has 4 heteroatoms. The molecular formula is C15H11NO2S. The quantitative estimate of drug-likeness (QED) is 0.742. The van der Waals surface area contributed by atoms with Crippen LogP contribution in [0.4, 0.5) is 0 Å². The Morgan fingerprint density at radius 3 is 2.00 bits per heavy atom. The summed E-state index contributed by atoms with van der Waals surface area (Å²) < 4.78 is 0. The van der Waals surface area contributed by atoms with Crippen molar-refractivity contribution in [2.24, 2.45) is 0 Å². The molecule has 3 nitrogen and oxygen atoms in total. The normalized spacial score (nSPS) is 10.5. The smallest absolute Gasteiger partial charge is 0.127 e. The third-order valence-electron chi connectivity index (χ3n) is 2.82. The number of hydrogen-bond donors (Lipinski definition) is 2. The molecule has 0 spiro atoms. The summed E-state index contributed by atoms with van der Waals surface area (Å²) in [5.74, 6) is 0.414. The minimum atomic E-state index is 0.205. The Bertz CT molecular complexity index is 661. The fraction of sp³-hybridized carbons (Fsp3) is 0. The van der Waals surface area contributed by atoms with Crippen LogP contribution in [-0.2, 0) is 0 Å². The van der Waals surface area contributed by atoms with E-state index >= 15 is 0 Å². The molecule has 3 rings (SSSR count). The SMILES string of the molecule is Oc1ccccc1-c1csc(-c2ccccc2O)n1. The molecule has 94 valence electrons. The topological polar surface area (TPSA) is 53.4 Å². The van der Waals surface area contributed by atoms with Crippen molar-refractivity contribution in [2.45, 2.75) is 0 Å². The lowest BCUT2D eigenvalue weighted by molar-refractivity contribution is 0.477. The van der Waals surface area contributed by atoms with Gasteiger partial charge < -0.3 is 10.2 Å². The molecule has 0 aliphatic carbocycles. The van der Waals surface area contributed by atoms with Crippen LogP contribution in [0.5, 0.6) is 11.5 Å². The van der Waals surface area contributed by atoms with Crippen LogP contribution in [0.1, 0.15) is 0 Å². The van der Waals surface area contributed by atoms with Crippen LogP contribution in [0.3, 0.4) is 0 Å². The molecule has 1 aromatic heterocycles. The number of phenols is 2.